The highest BCUT2D eigenvalue weighted by molar-refractivity contribution is 8.54. The van der Waals surface area contributed by atoms with Crippen LogP contribution in [-0.4, -0.2) is 72.6 Å². The van der Waals surface area contributed by atoms with Gasteiger partial charge in [-0.25, -0.2) is 4.57 Å². The Labute approximate surface area is 187 Å². The smallest absolute Gasteiger partial charge is 0.386 e. The first-order chi connectivity index (χ1) is 14.0. The molecule has 0 heterocycles. The summed E-state index contributed by atoms with van der Waals surface area (Å²) < 4.78 is 18.2. The maximum absolute atomic E-state index is 12.3. The largest absolute Gasteiger partial charge is 0.387 e. The van der Waals surface area contributed by atoms with Crippen LogP contribution in [0, 0.1) is 0 Å². The number of allylic oxidation sites excluding steroid dienone is 1. The van der Waals surface area contributed by atoms with E-state index in [0.29, 0.717) is 17.4 Å². The van der Waals surface area contributed by atoms with Gasteiger partial charge in [0.05, 0.1) is 33.3 Å². The molecule has 0 saturated carbocycles. The van der Waals surface area contributed by atoms with Crippen LogP contribution in [0.4, 0.5) is 0 Å². The Morgan fingerprint density at radius 2 is 1.80 bits per heavy atom. The monoisotopic (exact) mass is 467 g/mol. The van der Waals surface area contributed by atoms with Gasteiger partial charge in [0.25, 0.3) is 0 Å². The molecule has 0 aromatic heterocycles. The van der Waals surface area contributed by atoms with Crippen molar-refractivity contribution in [3.05, 3.63) is 12.2 Å². The fourth-order valence-corrected chi connectivity index (χ4v) is 5.07. The molecular formula is C21H44N2O5PS+. The molecule has 0 bridgehead atoms. The lowest BCUT2D eigenvalue weighted by Gasteiger charge is -2.25. The molecule has 178 valence electrons. The minimum absolute atomic E-state index is 0.0954. The number of rotatable bonds is 18. The zero-order valence-corrected chi connectivity index (χ0v) is 21.2. The Bertz CT molecular complexity index is 540. The molecule has 30 heavy (non-hydrogen) atoms. The van der Waals surface area contributed by atoms with Gasteiger partial charge >= 0.3 is 6.80 Å². The van der Waals surface area contributed by atoms with E-state index < -0.39 is 18.9 Å². The second kappa shape index (κ2) is 16.3. The fourth-order valence-electron chi connectivity index (χ4n) is 2.56. The van der Waals surface area contributed by atoms with Gasteiger partial charge in [-0.2, -0.15) is 0 Å². The Balaban J connectivity index is 4.80. The summed E-state index contributed by atoms with van der Waals surface area (Å²) in [6.45, 7) is 1.11. The van der Waals surface area contributed by atoms with Crippen LogP contribution in [0.1, 0.15) is 65.2 Å². The van der Waals surface area contributed by atoms with Crippen LogP contribution in [0.2, 0.25) is 0 Å². The lowest BCUT2D eigenvalue weighted by atomic mass is 10.1. The summed E-state index contributed by atoms with van der Waals surface area (Å²) in [6, 6.07) is -0.644. The molecule has 0 aliphatic heterocycles. The first-order valence-corrected chi connectivity index (χ1v) is 14.2. The van der Waals surface area contributed by atoms with Crippen molar-refractivity contribution in [2.45, 2.75) is 77.4 Å². The number of hydrogen-bond acceptors (Lipinski definition) is 5. The lowest BCUT2D eigenvalue weighted by Crippen LogP contribution is -2.44. The Hall–Kier alpha value is -0.370. The number of unbranched alkanes of at least 4 members (excludes halogenated alkanes) is 5. The molecule has 0 aliphatic rings. The second-order valence-corrected chi connectivity index (χ2v) is 12.6. The predicted octanol–water partition coefficient (Wildman–Crippen LogP) is 4.11. The minimum Gasteiger partial charge on any atom is -0.387 e. The molecule has 0 aromatic rings. The third kappa shape index (κ3) is 17.3. The summed E-state index contributed by atoms with van der Waals surface area (Å²) in [7, 11) is 5.93. The number of carbonyl (C=O) groups excluding carboxylic acids is 1. The Morgan fingerprint density at radius 3 is 2.40 bits per heavy atom. The van der Waals surface area contributed by atoms with Crippen LogP contribution in [-0.2, 0) is 13.9 Å². The number of quaternary nitrogens is 1. The van der Waals surface area contributed by atoms with Crippen LogP contribution < -0.4 is 5.32 Å². The van der Waals surface area contributed by atoms with Crippen LogP contribution >= 0.6 is 18.2 Å². The zero-order valence-electron chi connectivity index (χ0n) is 19.5. The molecule has 2 unspecified atom stereocenters. The van der Waals surface area contributed by atoms with Crippen molar-refractivity contribution >= 4 is 24.1 Å². The van der Waals surface area contributed by atoms with E-state index >= 15 is 0 Å². The van der Waals surface area contributed by atoms with Gasteiger partial charge in [-0.05, 0) is 30.6 Å². The summed E-state index contributed by atoms with van der Waals surface area (Å²) in [5.74, 6) is -0.0517. The van der Waals surface area contributed by atoms with Crippen molar-refractivity contribution < 1.29 is 28.4 Å². The highest BCUT2D eigenvalue weighted by Gasteiger charge is 2.27. The molecule has 3 atom stereocenters. The number of nitrogens with zero attached hydrogens (tertiary/aromatic N) is 1. The van der Waals surface area contributed by atoms with Gasteiger partial charge in [0.15, 0.2) is 0 Å². The van der Waals surface area contributed by atoms with E-state index in [4.69, 9.17) is 4.52 Å². The van der Waals surface area contributed by atoms with Gasteiger partial charge < -0.3 is 19.8 Å². The van der Waals surface area contributed by atoms with Gasteiger partial charge in [0.1, 0.15) is 13.2 Å². The third-order valence-electron chi connectivity index (χ3n) is 4.51. The molecule has 0 radical (unpaired) electrons. The molecule has 0 fully saturated rings. The number of amides is 1. The molecule has 7 nitrogen and oxygen atoms in total. The summed E-state index contributed by atoms with van der Waals surface area (Å²) in [4.78, 5) is 22.3. The van der Waals surface area contributed by atoms with Crippen LogP contribution in [0.15, 0.2) is 12.2 Å². The molecule has 0 rings (SSSR count). The van der Waals surface area contributed by atoms with E-state index in [1.54, 1.807) is 6.08 Å². The van der Waals surface area contributed by atoms with Gasteiger partial charge in [-0.15, -0.1) is 0 Å². The first kappa shape index (κ1) is 29.6. The highest BCUT2D eigenvalue weighted by atomic mass is 32.7. The highest BCUT2D eigenvalue weighted by Crippen LogP contribution is 2.55. The summed E-state index contributed by atoms with van der Waals surface area (Å²) >= 11 is 0.757. The van der Waals surface area contributed by atoms with E-state index in [2.05, 4.69) is 19.2 Å². The number of likely N-dealkylation sites (N-methyl/N-ethyl adjacent to an activating group) is 1. The number of aliphatic hydroxyl groups excluding tert-OH is 1. The predicted molar refractivity (Wildman–Crippen MR) is 126 cm³/mol. The fraction of sp³-hybridized carbons (Fsp3) is 0.857. The normalized spacial score (nSPS) is 16.4. The molecule has 0 spiro atoms. The molecule has 0 saturated heterocycles. The van der Waals surface area contributed by atoms with E-state index in [-0.39, 0.29) is 18.3 Å². The summed E-state index contributed by atoms with van der Waals surface area (Å²) in [6.07, 6.45) is 10.0. The van der Waals surface area contributed by atoms with Crippen molar-refractivity contribution in [1.82, 2.24) is 5.32 Å². The van der Waals surface area contributed by atoms with Crippen LogP contribution in [0.3, 0.4) is 0 Å². The quantitative estimate of drug-likeness (QED) is 0.122. The number of aliphatic hydroxyl groups is 1. The van der Waals surface area contributed by atoms with Gasteiger partial charge in [-0.1, -0.05) is 51.7 Å². The maximum Gasteiger partial charge on any atom is 0.386 e. The molecule has 0 aromatic carbocycles. The third-order valence-corrected chi connectivity index (χ3v) is 7.59. The molecule has 3 N–H and O–H groups in total. The first-order valence-electron chi connectivity index (χ1n) is 11.1. The minimum atomic E-state index is -3.86. The number of hydrogen-bond donors (Lipinski definition) is 3. The Kier molecular flexibility index (Phi) is 16.1. The van der Waals surface area contributed by atoms with E-state index in [1.165, 1.54) is 0 Å². The average Bonchev–Trinajstić information content (AvgIpc) is 2.63. The van der Waals surface area contributed by atoms with Gasteiger partial charge in [0, 0.05) is 12.2 Å². The number of carbonyl (C=O) groups is 1. The average molecular weight is 468 g/mol. The maximum atomic E-state index is 12.3. The molecule has 1 amide bonds. The zero-order chi connectivity index (χ0) is 23.0. The van der Waals surface area contributed by atoms with E-state index in [1.807, 2.05) is 27.2 Å². The van der Waals surface area contributed by atoms with Crippen LogP contribution in [0.5, 0.6) is 0 Å². The summed E-state index contributed by atoms with van der Waals surface area (Å²) in [5.41, 5.74) is 0. The van der Waals surface area contributed by atoms with E-state index in [9.17, 15) is 19.4 Å². The van der Waals surface area contributed by atoms with E-state index in [0.717, 1.165) is 56.3 Å². The van der Waals surface area contributed by atoms with Crippen molar-refractivity contribution in [2.75, 3.05) is 40.0 Å². The molecular weight excluding hydrogens is 423 g/mol. The molecule has 0 aliphatic carbocycles. The second-order valence-electron chi connectivity index (χ2n) is 8.66. The topological polar surface area (TPSA) is 95.9 Å². The standard InChI is InChI=1S/C21H43N2O5PS/c1-6-8-10-11-13-14-20(24)19(22-21(25)15-12-9-7-2)18-30-29(26,27)28-17-16-23(3,4)5/h13-14,19-20,24H,6-12,15-18H2,1-5H3,(H-,22,25,26,27)/p+1/b14-13-/t19?,20-/m1/s1. The van der Waals surface area contributed by atoms with Gasteiger partial charge in [0.2, 0.25) is 5.91 Å². The van der Waals surface area contributed by atoms with Crippen molar-refractivity contribution in [3.63, 3.8) is 0 Å². The van der Waals surface area contributed by atoms with Crippen molar-refractivity contribution in [1.29, 1.82) is 0 Å². The lowest BCUT2D eigenvalue weighted by molar-refractivity contribution is -0.870. The SMILES string of the molecule is CCCCC/C=C\[C@@H](O)C(CSP(=O)(O)OCC[N+](C)(C)C)NC(=O)CCCCC. The van der Waals surface area contributed by atoms with Crippen molar-refractivity contribution in [3.8, 4) is 0 Å². The van der Waals surface area contributed by atoms with Crippen LogP contribution in [0.25, 0.3) is 0 Å². The van der Waals surface area contributed by atoms with Crippen molar-refractivity contribution in [2.24, 2.45) is 0 Å². The number of nitrogens with one attached hydrogen (secondary N) is 1. The molecule has 9 heteroatoms. The summed E-state index contributed by atoms with van der Waals surface area (Å²) in [5, 5.41) is 13.4. The van der Waals surface area contributed by atoms with Gasteiger partial charge in [-0.3, -0.25) is 9.32 Å². The Morgan fingerprint density at radius 1 is 1.17 bits per heavy atom.